The van der Waals surface area contributed by atoms with Gasteiger partial charge < -0.3 is 0 Å². The summed E-state index contributed by atoms with van der Waals surface area (Å²) in [5, 5.41) is 3.00. The first kappa shape index (κ1) is 10.5. The molecule has 1 N–H and O–H groups in total. The molecule has 0 amide bonds. The van der Waals surface area contributed by atoms with E-state index >= 15 is 0 Å². The molecular weight excluding hydrogens is 287 g/mol. The Morgan fingerprint density at radius 1 is 1.29 bits per heavy atom. The molecule has 17 heavy (non-hydrogen) atoms. The number of imidazole rings is 1. The summed E-state index contributed by atoms with van der Waals surface area (Å²) in [6, 6.07) is 6.49. The molecule has 6 heteroatoms. The topological polar surface area (TPSA) is 46.0 Å². The number of hydrogen-bond donors (Lipinski definition) is 1. The van der Waals surface area contributed by atoms with Gasteiger partial charge >= 0.3 is 0 Å². The molecule has 0 fully saturated rings. The highest BCUT2D eigenvalue weighted by Crippen LogP contribution is 2.22. The Morgan fingerprint density at radius 3 is 2.76 bits per heavy atom. The average molecular weight is 295 g/mol. The van der Waals surface area contributed by atoms with Gasteiger partial charge in [0.2, 0.25) is 0 Å². The van der Waals surface area contributed by atoms with Crippen LogP contribution >= 0.6 is 15.9 Å². The van der Waals surface area contributed by atoms with Crippen LogP contribution in [0, 0.1) is 12.7 Å². The first-order chi connectivity index (χ1) is 8.16. The first-order valence-electron chi connectivity index (χ1n) is 5.02. The molecule has 0 saturated carbocycles. The zero-order valence-corrected chi connectivity index (χ0v) is 10.5. The minimum Gasteiger partial charge on any atom is -0.273 e. The second-order valence-electron chi connectivity index (χ2n) is 3.68. The highest BCUT2D eigenvalue weighted by Gasteiger charge is 2.13. The lowest BCUT2D eigenvalue weighted by atomic mass is 10.2. The molecule has 0 aliphatic rings. The van der Waals surface area contributed by atoms with Gasteiger partial charge in [-0.3, -0.25) is 5.10 Å². The molecule has 86 valence electrons. The summed E-state index contributed by atoms with van der Waals surface area (Å²) in [6.45, 7) is 1.87. The van der Waals surface area contributed by atoms with E-state index in [1.807, 2.05) is 6.92 Å². The zero-order valence-electron chi connectivity index (χ0n) is 8.91. The van der Waals surface area contributed by atoms with Crippen molar-refractivity contribution in [3.05, 3.63) is 40.4 Å². The summed E-state index contributed by atoms with van der Waals surface area (Å²) in [7, 11) is 0. The van der Waals surface area contributed by atoms with Crippen LogP contribution in [-0.2, 0) is 0 Å². The SMILES string of the molecule is Cc1nc2nc(-c3ccccc3F)[nH]n2c1Br. The molecule has 2 heterocycles. The number of hydrogen-bond acceptors (Lipinski definition) is 2. The molecule has 2 aromatic heterocycles. The molecule has 0 bridgehead atoms. The fraction of sp³-hybridized carbons (Fsp3) is 0.0909. The molecule has 0 saturated heterocycles. The number of benzene rings is 1. The molecule has 0 aliphatic heterocycles. The normalized spacial score (nSPS) is 11.2. The van der Waals surface area contributed by atoms with Crippen molar-refractivity contribution in [2.24, 2.45) is 0 Å². The summed E-state index contributed by atoms with van der Waals surface area (Å²) in [4.78, 5) is 8.49. The molecule has 0 radical (unpaired) electrons. The van der Waals surface area contributed by atoms with Crippen molar-refractivity contribution in [2.45, 2.75) is 6.92 Å². The number of nitrogens with zero attached hydrogens (tertiary/aromatic N) is 3. The van der Waals surface area contributed by atoms with Crippen LogP contribution in [0.15, 0.2) is 28.9 Å². The Hall–Kier alpha value is -1.69. The maximum atomic E-state index is 13.6. The number of aromatic nitrogens is 4. The average Bonchev–Trinajstić information content (AvgIpc) is 2.81. The molecule has 4 nitrogen and oxygen atoms in total. The van der Waals surface area contributed by atoms with Crippen LogP contribution < -0.4 is 0 Å². The monoisotopic (exact) mass is 294 g/mol. The van der Waals surface area contributed by atoms with Gasteiger partial charge in [-0.15, -0.1) is 0 Å². The van der Waals surface area contributed by atoms with Crippen molar-refractivity contribution >= 4 is 21.7 Å². The summed E-state index contributed by atoms with van der Waals surface area (Å²) in [5.74, 6) is 0.677. The highest BCUT2D eigenvalue weighted by molar-refractivity contribution is 9.10. The standard InChI is InChI=1S/C11H8BrFN4/c1-6-9(12)17-11(14-6)15-10(16-17)7-4-2-3-5-8(7)13/h2-5H,1H3,(H,14,15,16). The highest BCUT2D eigenvalue weighted by atomic mass is 79.9. The maximum Gasteiger partial charge on any atom is 0.252 e. The molecule has 0 atom stereocenters. The molecular formula is C11H8BrFN4. The lowest BCUT2D eigenvalue weighted by molar-refractivity contribution is 0.630. The van der Waals surface area contributed by atoms with Crippen molar-refractivity contribution in [3.8, 4) is 11.4 Å². The molecule has 0 unspecified atom stereocenters. The number of rotatable bonds is 1. The van der Waals surface area contributed by atoms with Crippen molar-refractivity contribution < 1.29 is 4.39 Å². The van der Waals surface area contributed by atoms with Crippen molar-refractivity contribution in [2.75, 3.05) is 0 Å². The summed E-state index contributed by atoms with van der Waals surface area (Å²) in [6.07, 6.45) is 0. The number of fused-ring (bicyclic) bond motifs is 1. The van der Waals surface area contributed by atoms with Crippen LogP contribution in [0.4, 0.5) is 4.39 Å². The number of nitrogens with one attached hydrogen (secondary N) is 1. The predicted molar refractivity (Wildman–Crippen MR) is 65.2 cm³/mol. The lowest BCUT2D eigenvalue weighted by Gasteiger charge is -1.97. The number of aromatic amines is 1. The predicted octanol–water partition coefficient (Wildman–Crippen LogP) is 2.93. The summed E-state index contributed by atoms with van der Waals surface area (Å²) >= 11 is 3.39. The first-order valence-corrected chi connectivity index (χ1v) is 5.81. The van der Waals surface area contributed by atoms with E-state index in [9.17, 15) is 4.39 Å². The summed E-state index contributed by atoms with van der Waals surface area (Å²) in [5.41, 5.74) is 1.27. The van der Waals surface area contributed by atoms with Gasteiger partial charge in [-0.1, -0.05) is 12.1 Å². The van der Waals surface area contributed by atoms with Crippen molar-refractivity contribution in [1.82, 2.24) is 19.6 Å². The van der Waals surface area contributed by atoms with Gasteiger partial charge in [0, 0.05) is 0 Å². The molecule has 0 spiro atoms. The second-order valence-corrected chi connectivity index (χ2v) is 4.43. The zero-order chi connectivity index (χ0) is 12.0. The third-order valence-corrected chi connectivity index (χ3v) is 3.45. The van der Waals surface area contributed by atoms with Gasteiger partial charge in [-0.2, -0.15) is 4.98 Å². The molecule has 1 aromatic carbocycles. The van der Waals surface area contributed by atoms with Crippen LogP contribution in [0.3, 0.4) is 0 Å². The minimum absolute atomic E-state index is 0.308. The van der Waals surface area contributed by atoms with E-state index in [1.54, 1.807) is 22.7 Å². The van der Waals surface area contributed by atoms with Gasteiger partial charge in [0.15, 0.2) is 5.82 Å². The van der Waals surface area contributed by atoms with Gasteiger partial charge in [-0.05, 0) is 35.0 Å². The lowest BCUT2D eigenvalue weighted by Crippen LogP contribution is -1.88. The Morgan fingerprint density at radius 2 is 2.06 bits per heavy atom. The number of aryl methyl sites for hydroxylation is 1. The Balaban J connectivity index is 2.23. The Kier molecular flexibility index (Phi) is 2.25. The fourth-order valence-electron chi connectivity index (χ4n) is 1.67. The van der Waals surface area contributed by atoms with E-state index in [0.29, 0.717) is 17.2 Å². The van der Waals surface area contributed by atoms with E-state index in [1.165, 1.54) is 6.07 Å². The Labute approximate surface area is 105 Å². The van der Waals surface area contributed by atoms with Gasteiger partial charge in [0.05, 0.1) is 11.3 Å². The van der Waals surface area contributed by atoms with Gasteiger partial charge in [0.25, 0.3) is 5.78 Å². The van der Waals surface area contributed by atoms with Crippen molar-refractivity contribution in [3.63, 3.8) is 0 Å². The van der Waals surface area contributed by atoms with E-state index in [-0.39, 0.29) is 5.82 Å². The molecule has 3 aromatic rings. The van der Waals surface area contributed by atoms with E-state index < -0.39 is 0 Å². The second kappa shape index (κ2) is 3.66. The van der Waals surface area contributed by atoms with Crippen molar-refractivity contribution in [1.29, 1.82) is 0 Å². The number of halogens is 2. The van der Waals surface area contributed by atoms with Crippen LogP contribution in [-0.4, -0.2) is 19.6 Å². The minimum atomic E-state index is -0.308. The fourth-order valence-corrected chi connectivity index (χ4v) is 2.01. The third kappa shape index (κ3) is 1.56. The maximum absolute atomic E-state index is 13.6. The quantitative estimate of drug-likeness (QED) is 0.750. The molecule has 3 rings (SSSR count). The van der Waals surface area contributed by atoms with Crippen LogP contribution in [0.2, 0.25) is 0 Å². The van der Waals surface area contributed by atoms with Crippen LogP contribution in [0.5, 0.6) is 0 Å². The van der Waals surface area contributed by atoms with E-state index in [2.05, 4.69) is 31.0 Å². The number of H-pyrrole nitrogens is 1. The van der Waals surface area contributed by atoms with E-state index in [4.69, 9.17) is 0 Å². The molecule has 0 aliphatic carbocycles. The van der Waals surface area contributed by atoms with Crippen LogP contribution in [0.1, 0.15) is 5.69 Å². The van der Waals surface area contributed by atoms with E-state index in [0.717, 1.165) is 10.3 Å². The summed E-state index contributed by atoms with van der Waals surface area (Å²) < 4.78 is 16.1. The smallest absolute Gasteiger partial charge is 0.252 e. The van der Waals surface area contributed by atoms with Crippen LogP contribution in [0.25, 0.3) is 17.2 Å². The third-order valence-electron chi connectivity index (χ3n) is 2.52. The van der Waals surface area contributed by atoms with Gasteiger partial charge in [0.1, 0.15) is 10.4 Å². The van der Waals surface area contributed by atoms with Gasteiger partial charge in [-0.25, -0.2) is 13.9 Å². The largest absolute Gasteiger partial charge is 0.273 e. The Bertz CT molecular complexity index is 701.